The molecular formula is C16H17N5O2. The largest absolute Gasteiger partial charge is 0.508 e. The molecule has 7 nitrogen and oxygen atoms in total. The van der Waals surface area contributed by atoms with Crippen molar-refractivity contribution in [3.63, 3.8) is 0 Å². The van der Waals surface area contributed by atoms with Crippen molar-refractivity contribution in [1.82, 2.24) is 20.1 Å². The first-order valence-electron chi connectivity index (χ1n) is 7.11. The highest BCUT2D eigenvalue weighted by Gasteiger charge is 2.11. The van der Waals surface area contributed by atoms with Gasteiger partial charge in [0.05, 0.1) is 11.9 Å². The second-order valence-corrected chi connectivity index (χ2v) is 5.53. The Balaban J connectivity index is 1.93. The molecule has 2 heterocycles. The van der Waals surface area contributed by atoms with E-state index in [1.807, 2.05) is 32.3 Å². The Morgan fingerprint density at radius 1 is 1.26 bits per heavy atom. The summed E-state index contributed by atoms with van der Waals surface area (Å²) in [7, 11) is 3.66. The van der Waals surface area contributed by atoms with Crippen LogP contribution in [-0.2, 0) is 4.79 Å². The molecule has 0 saturated carbocycles. The highest BCUT2D eigenvalue weighted by atomic mass is 16.3. The Labute approximate surface area is 133 Å². The van der Waals surface area contributed by atoms with Gasteiger partial charge in [-0.1, -0.05) is 12.1 Å². The zero-order valence-electron chi connectivity index (χ0n) is 12.9. The van der Waals surface area contributed by atoms with Gasteiger partial charge >= 0.3 is 0 Å². The average molecular weight is 311 g/mol. The number of aromatic hydroxyl groups is 1. The summed E-state index contributed by atoms with van der Waals surface area (Å²) < 4.78 is 0. The van der Waals surface area contributed by atoms with Crippen LogP contribution in [0.5, 0.6) is 5.75 Å². The smallest absolute Gasteiger partial charge is 0.239 e. The number of pyridine rings is 1. The Morgan fingerprint density at radius 2 is 2.00 bits per heavy atom. The molecule has 3 rings (SSSR count). The van der Waals surface area contributed by atoms with Crippen molar-refractivity contribution in [2.75, 3.05) is 26.0 Å². The van der Waals surface area contributed by atoms with E-state index in [1.165, 1.54) is 0 Å². The molecule has 0 radical (unpaired) electrons. The molecule has 0 aliphatic heterocycles. The third-order valence-corrected chi connectivity index (χ3v) is 3.33. The fraction of sp³-hybridized carbons (Fsp3) is 0.188. The molecule has 0 bridgehead atoms. The van der Waals surface area contributed by atoms with E-state index in [9.17, 15) is 9.90 Å². The third-order valence-electron chi connectivity index (χ3n) is 3.33. The SMILES string of the molecule is CN(C)CC(=O)Nc1[nH]nc2ncc(-c3ccc(O)cc3)cc12. The van der Waals surface area contributed by atoms with Crippen molar-refractivity contribution in [2.24, 2.45) is 0 Å². The van der Waals surface area contributed by atoms with Gasteiger partial charge in [0, 0.05) is 11.8 Å². The summed E-state index contributed by atoms with van der Waals surface area (Å²) in [6.07, 6.45) is 1.71. The molecule has 0 unspecified atom stereocenters. The molecule has 0 saturated heterocycles. The number of hydrogen-bond donors (Lipinski definition) is 3. The number of aromatic nitrogens is 3. The predicted octanol–water partition coefficient (Wildman–Crippen LogP) is 1.83. The van der Waals surface area contributed by atoms with Crippen LogP contribution >= 0.6 is 0 Å². The van der Waals surface area contributed by atoms with Gasteiger partial charge in [0.2, 0.25) is 5.91 Å². The number of carbonyl (C=O) groups is 1. The number of H-pyrrole nitrogens is 1. The van der Waals surface area contributed by atoms with Crippen LogP contribution in [-0.4, -0.2) is 51.7 Å². The van der Waals surface area contributed by atoms with Crippen LogP contribution in [0.4, 0.5) is 5.82 Å². The Bertz CT molecular complexity index is 839. The van der Waals surface area contributed by atoms with E-state index in [0.29, 0.717) is 11.5 Å². The van der Waals surface area contributed by atoms with E-state index in [2.05, 4.69) is 20.5 Å². The van der Waals surface area contributed by atoms with E-state index in [0.717, 1.165) is 16.5 Å². The zero-order valence-corrected chi connectivity index (χ0v) is 12.9. The van der Waals surface area contributed by atoms with Crippen molar-refractivity contribution in [3.05, 3.63) is 36.5 Å². The third kappa shape index (κ3) is 3.29. The zero-order chi connectivity index (χ0) is 16.4. The maximum absolute atomic E-state index is 11.9. The number of nitrogens with zero attached hydrogens (tertiary/aromatic N) is 3. The highest BCUT2D eigenvalue weighted by molar-refractivity contribution is 6.00. The van der Waals surface area contributed by atoms with Crippen LogP contribution in [0.15, 0.2) is 36.5 Å². The lowest BCUT2D eigenvalue weighted by Crippen LogP contribution is -2.27. The minimum Gasteiger partial charge on any atom is -0.508 e. The van der Waals surface area contributed by atoms with Gasteiger partial charge < -0.3 is 15.3 Å². The first-order valence-corrected chi connectivity index (χ1v) is 7.11. The van der Waals surface area contributed by atoms with E-state index < -0.39 is 0 Å². The normalized spacial score (nSPS) is 11.1. The molecule has 23 heavy (non-hydrogen) atoms. The summed E-state index contributed by atoms with van der Waals surface area (Å²) in [5, 5.41) is 19.8. The van der Waals surface area contributed by atoms with Crippen LogP contribution in [0.25, 0.3) is 22.2 Å². The number of nitrogens with one attached hydrogen (secondary N) is 2. The van der Waals surface area contributed by atoms with Gasteiger partial charge in [-0.3, -0.25) is 9.89 Å². The maximum Gasteiger partial charge on any atom is 0.239 e. The number of carbonyl (C=O) groups excluding carboxylic acids is 1. The second-order valence-electron chi connectivity index (χ2n) is 5.53. The number of aromatic amines is 1. The Morgan fingerprint density at radius 3 is 2.70 bits per heavy atom. The summed E-state index contributed by atoms with van der Waals surface area (Å²) in [5.74, 6) is 0.610. The van der Waals surface area contributed by atoms with Gasteiger partial charge in [-0.2, -0.15) is 5.10 Å². The Hall–Kier alpha value is -2.93. The lowest BCUT2D eigenvalue weighted by atomic mass is 10.1. The molecule has 3 N–H and O–H groups in total. The number of anilines is 1. The minimum atomic E-state index is -0.129. The summed E-state index contributed by atoms with van der Waals surface area (Å²) in [4.78, 5) is 18.0. The lowest BCUT2D eigenvalue weighted by molar-refractivity contribution is -0.116. The molecule has 2 aromatic heterocycles. The molecule has 3 aromatic rings. The van der Waals surface area contributed by atoms with E-state index in [-0.39, 0.29) is 18.2 Å². The van der Waals surface area contributed by atoms with Crippen molar-refractivity contribution in [3.8, 4) is 16.9 Å². The number of likely N-dealkylation sites (N-methyl/N-ethyl adjacent to an activating group) is 1. The van der Waals surface area contributed by atoms with E-state index >= 15 is 0 Å². The van der Waals surface area contributed by atoms with Crippen LogP contribution in [0.2, 0.25) is 0 Å². The monoisotopic (exact) mass is 311 g/mol. The lowest BCUT2D eigenvalue weighted by Gasteiger charge is -2.09. The Kier molecular flexibility index (Phi) is 3.94. The van der Waals surface area contributed by atoms with Crippen molar-refractivity contribution in [1.29, 1.82) is 0 Å². The predicted molar refractivity (Wildman–Crippen MR) is 88.2 cm³/mol. The molecule has 0 aliphatic carbocycles. The van der Waals surface area contributed by atoms with Crippen molar-refractivity contribution >= 4 is 22.8 Å². The fourth-order valence-corrected chi connectivity index (χ4v) is 2.27. The number of phenolic OH excluding ortho intramolecular Hbond substituents is 1. The molecule has 0 aliphatic rings. The number of rotatable bonds is 4. The van der Waals surface area contributed by atoms with Crippen LogP contribution in [0.3, 0.4) is 0 Å². The number of phenols is 1. The fourth-order valence-electron chi connectivity index (χ4n) is 2.27. The van der Waals surface area contributed by atoms with Crippen LogP contribution in [0, 0.1) is 0 Å². The molecule has 0 fully saturated rings. The average Bonchev–Trinajstić information content (AvgIpc) is 2.89. The molecule has 1 amide bonds. The number of hydrogen-bond acceptors (Lipinski definition) is 5. The second kappa shape index (κ2) is 6.05. The van der Waals surface area contributed by atoms with Gasteiger partial charge in [-0.25, -0.2) is 4.98 Å². The van der Waals surface area contributed by atoms with E-state index in [1.54, 1.807) is 23.2 Å². The standard InChI is InChI=1S/C16H17N5O2/c1-21(2)9-14(23)18-16-13-7-11(8-17-15(13)19-20-16)10-3-5-12(22)6-4-10/h3-8,22H,9H2,1-2H3,(H2,17,18,19,20,23). The van der Waals surface area contributed by atoms with Crippen molar-refractivity contribution in [2.45, 2.75) is 0 Å². The van der Waals surface area contributed by atoms with Gasteiger partial charge in [-0.05, 0) is 37.9 Å². The molecule has 118 valence electrons. The molecule has 7 heteroatoms. The van der Waals surface area contributed by atoms with Crippen molar-refractivity contribution < 1.29 is 9.90 Å². The molecule has 1 aromatic carbocycles. The minimum absolute atomic E-state index is 0.129. The first kappa shape index (κ1) is 15.0. The molecule has 0 spiro atoms. The summed E-state index contributed by atoms with van der Waals surface area (Å²) in [6, 6.07) is 8.76. The first-order chi connectivity index (χ1) is 11.0. The molecule has 0 atom stereocenters. The maximum atomic E-state index is 11.9. The van der Waals surface area contributed by atoms with Crippen LogP contribution in [0.1, 0.15) is 0 Å². The number of amides is 1. The van der Waals surface area contributed by atoms with Crippen LogP contribution < -0.4 is 5.32 Å². The quantitative estimate of drug-likeness (QED) is 0.683. The van der Waals surface area contributed by atoms with Gasteiger partial charge in [0.1, 0.15) is 11.6 Å². The summed E-state index contributed by atoms with van der Waals surface area (Å²) in [6.45, 7) is 0.283. The van der Waals surface area contributed by atoms with E-state index in [4.69, 9.17) is 0 Å². The number of fused-ring (bicyclic) bond motifs is 1. The van der Waals surface area contributed by atoms with Gasteiger partial charge in [0.25, 0.3) is 0 Å². The van der Waals surface area contributed by atoms with Gasteiger partial charge in [0.15, 0.2) is 5.65 Å². The van der Waals surface area contributed by atoms with Gasteiger partial charge in [-0.15, -0.1) is 0 Å². The topological polar surface area (TPSA) is 94.1 Å². The number of benzene rings is 1. The highest BCUT2D eigenvalue weighted by Crippen LogP contribution is 2.26. The summed E-state index contributed by atoms with van der Waals surface area (Å²) in [5.41, 5.74) is 2.33. The molecular weight excluding hydrogens is 294 g/mol. The summed E-state index contributed by atoms with van der Waals surface area (Å²) >= 11 is 0.